The maximum absolute atomic E-state index is 6.21. The second-order valence-electron chi connectivity index (χ2n) is 4.85. The lowest BCUT2D eigenvalue weighted by atomic mass is 10.1. The summed E-state index contributed by atoms with van der Waals surface area (Å²) >= 11 is 9.66. The molecule has 2 aromatic carbocycles. The summed E-state index contributed by atoms with van der Waals surface area (Å²) in [5, 5.41) is 0.726. The van der Waals surface area contributed by atoms with Crippen molar-refractivity contribution in [3.63, 3.8) is 0 Å². The van der Waals surface area contributed by atoms with E-state index >= 15 is 0 Å². The van der Waals surface area contributed by atoms with Gasteiger partial charge in [-0.15, -0.1) is 0 Å². The molecule has 0 aliphatic heterocycles. The van der Waals surface area contributed by atoms with Crippen LogP contribution in [0.5, 0.6) is 5.75 Å². The van der Waals surface area contributed by atoms with E-state index in [1.165, 1.54) is 0 Å². The minimum Gasteiger partial charge on any atom is -0.489 e. The van der Waals surface area contributed by atoms with Crippen LogP contribution in [0.15, 0.2) is 40.9 Å². The Hall–Kier alpha value is -1.03. The molecule has 2 aromatic rings. The Kier molecular flexibility index (Phi) is 5.08. The highest BCUT2D eigenvalue weighted by molar-refractivity contribution is 9.10. The summed E-state index contributed by atoms with van der Waals surface area (Å²) < 4.78 is 6.87. The number of benzene rings is 2. The highest BCUT2D eigenvalue weighted by Crippen LogP contribution is 2.29. The van der Waals surface area contributed by atoms with Gasteiger partial charge >= 0.3 is 0 Å². The normalized spacial score (nSPS) is 12.2. The van der Waals surface area contributed by atoms with Crippen molar-refractivity contribution in [1.29, 1.82) is 0 Å². The lowest BCUT2D eigenvalue weighted by Gasteiger charge is -2.15. The SMILES string of the molecule is Cc1ccc(COc2ccc(Br)cc2C(C)N)c(Cl)c1. The minimum atomic E-state index is -0.0870. The van der Waals surface area contributed by atoms with Crippen LogP contribution in [0.25, 0.3) is 0 Å². The maximum Gasteiger partial charge on any atom is 0.124 e. The lowest BCUT2D eigenvalue weighted by Crippen LogP contribution is -2.08. The second-order valence-corrected chi connectivity index (χ2v) is 6.18. The first-order valence-corrected chi connectivity index (χ1v) is 7.57. The third kappa shape index (κ3) is 3.75. The van der Waals surface area contributed by atoms with Crippen LogP contribution in [0.2, 0.25) is 5.02 Å². The van der Waals surface area contributed by atoms with Crippen molar-refractivity contribution < 1.29 is 4.74 Å². The van der Waals surface area contributed by atoms with Crippen LogP contribution < -0.4 is 10.5 Å². The van der Waals surface area contributed by atoms with E-state index in [0.717, 1.165) is 31.9 Å². The molecule has 20 heavy (non-hydrogen) atoms. The monoisotopic (exact) mass is 353 g/mol. The summed E-state index contributed by atoms with van der Waals surface area (Å²) in [7, 11) is 0. The van der Waals surface area contributed by atoms with Crippen molar-refractivity contribution in [2.24, 2.45) is 5.73 Å². The van der Waals surface area contributed by atoms with E-state index in [4.69, 9.17) is 22.1 Å². The molecular weight excluding hydrogens is 338 g/mol. The summed E-state index contributed by atoms with van der Waals surface area (Å²) in [6, 6.07) is 11.7. The Morgan fingerprint density at radius 2 is 2.00 bits per heavy atom. The molecular formula is C16H17BrClNO. The molecule has 0 aromatic heterocycles. The topological polar surface area (TPSA) is 35.2 Å². The highest BCUT2D eigenvalue weighted by Gasteiger charge is 2.10. The molecule has 0 radical (unpaired) electrons. The van der Waals surface area contributed by atoms with Crippen LogP contribution in [0, 0.1) is 6.92 Å². The zero-order valence-electron chi connectivity index (χ0n) is 11.5. The van der Waals surface area contributed by atoms with Crippen molar-refractivity contribution >= 4 is 27.5 Å². The zero-order chi connectivity index (χ0) is 14.7. The van der Waals surface area contributed by atoms with Crippen LogP contribution in [-0.2, 0) is 6.61 Å². The fourth-order valence-electron chi connectivity index (χ4n) is 1.93. The third-order valence-electron chi connectivity index (χ3n) is 3.05. The number of halogens is 2. The summed E-state index contributed by atoms with van der Waals surface area (Å²) in [5.41, 5.74) is 9.06. The molecule has 0 heterocycles. The maximum atomic E-state index is 6.21. The molecule has 0 spiro atoms. The van der Waals surface area contributed by atoms with Gasteiger partial charge in [0.15, 0.2) is 0 Å². The van der Waals surface area contributed by atoms with Crippen LogP contribution in [-0.4, -0.2) is 0 Å². The van der Waals surface area contributed by atoms with E-state index < -0.39 is 0 Å². The number of rotatable bonds is 4. The number of nitrogens with two attached hydrogens (primary N) is 1. The quantitative estimate of drug-likeness (QED) is 0.837. The number of hydrogen-bond donors (Lipinski definition) is 1. The van der Waals surface area contributed by atoms with Gasteiger partial charge in [-0.1, -0.05) is 39.7 Å². The molecule has 0 fully saturated rings. The van der Waals surface area contributed by atoms with Gasteiger partial charge in [0.25, 0.3) is 0 Å². The predicted molar refractivity (Wildman–Crippen MR) is 87.3 cm³/mol. The molecule has 0 saturated carbocycles. The first-order valence-electron chi connectivity index (χ1n) is 6.40. The zero-order valence-corrected chi connectivity index (χ0v) is 13.8. The Morgan fingerprint density at radius 1 is 1.25 bits per heavy atom. The molecule has 0 aliphatic rings. The lowest BCUT2D eigenvalue weighted by molar-refractivity contribution is 0.301. The van der Waals surface area contributed by atoms with Gasteiger partial charge in [0.05, 0.1) is 0 Å². The Bertz CT molecular complexity index is 613. The molecule has 0 aliphatic carbocycles. The fourth-order valence-corrected chi connectivity index (χ4v) is 2.60. The molecule has 2 N–H and O–H groups in total. The minimum absolute atomic E-state index is 0.0870. The number of ether oxygens (including phenoxy) is 1. The number of hydrogen-bond acceptors (Lipinski definition) is 2. The molecule has 2 rings (SSSR count). The summed E-state index contributed by atoms with van der Waals surface area (Å²) in [6.07, 6.45) is 0. The van der Waals surface area contributed by atoms with Gasteiger partial charge in [0, 0.05) is 26.7 Å². The van der Waals surface area contributed by atoms with Crippen LogP contribution in [0.1, 0.15) is 29.7 Å². The largest absolute Gasteiger partial charge is 0.489 e. The third-order valence-corrected chi connectivity index (χ3v) is 3.90. The van der Waals surface area contributed by atoms with Gasteiger partial charge in [-0.05, 0) is 43.7 Å². The molecule has 4 heteroatoms. The molecule has 0 saturated heterocycles. The smallest absolute Gasteiger partial charge is 0.124 e. The summed E-state index contributed by atoms with van der Waals surface area (Å²) in [5.74, 6) is 0.792. The van der Waals surface area contributed by atoms with Gasteiger partial charge in [0.1, 0.15) is 12.4 Å². The standard InChI is InChI=1S/C16H17BrClNO/c1-10-3-4-12(15(18)7-10)9-20-16-6-5-13(17)8-14(16)11(2)19/h3-8,11H,9,19H2,1-2H3. The van der Waals surface area contributed by atoms with E-state index in [0.29, 0.717) is 6.61 Å². The highest BCUT2D eigenvalue weighted by atomic mass is 79.9. The van der Waals surface area contributed by atoms with Crippen LogP contribution in [0.3, 0.4) is 0 Å². The summed E-state index contributed by atoms with van der Waals surface area (Å²) in [4.78, 5) is 0. The molecule has 106 valence electrons. The van der Waals surface area contributed by atoms with E-state index in [1.807, 2.05) is 50.2 Å². The molecule has 1 atom stereocenters. The second kappa shape index (κ2) is 6.61. The molecule has 0 amide bonds. The van der Waals surface area contributed by atoms with Gasteiger partial charge < -0.3 is 10.5 Å². The van der Waals surface area contributed by atoms with Gasteiger partial charge in [0.2, 0.25) is 0 Å². The molecule has 2 nitrogen and oxygen atoms in total. The van der Waals surface area contributed by atoms with E-state index in [2.05, 4.69) is 15.9 Å². The van der Waals surface area contributed by atoms with Crippen LogP contribution >= 0.6 is 27.5 Å². The van der Waals surface area contributed by atoms with Crippen molar-refractivity contribution in [2.45, 2.75) is 26.5 Å². The van der Waals surface area contributed by atoms with Gasteiger partial charge in [-0.3, -0.25) is 0 Å². The average Bonchev–Trinajstić information content (AvgIpc) is 2.38. The Labute approximate surface area is 133 Å². The van der Waals surface area contributed by atoms with Gasteiger partial charge in [-0.2, -0.15) is 0 Å². The average molecular weight is 355 g/mol. The van der Waals surface area contributed by atoms with Crippen molar-refractivity contribution in [1.82, 2.24) is 0 Å². The first kappa shape index (κ1) is 15.4. The predicted octanol–water partition coefficient (Wildman–Crippen LogP) is 5.01. The van der Waals surface area contributed by atoms with Gasteiger partial charge in [-0.25, -0.2) is 0 Å². The first-order chi connectivity index (χ1) is 9.47. The van der Waals surface area contributed by atoms with Crippen molar-refractivity contribution in [2.75, 3.05) is 0 Å². The van der Waals surface area contributed by atoms with E-state index in [9.17, 15) is 0 Å². The number of aryl methyl sites for hydroxylation is 1. The molecule has 1 unspecified atom stereocenters. The van der Waals surface area contributed by atoms with E-state index in [1.54, 1.807) is 0 Å². The Balaban J connectivity index is 2.18. The fraction of sp³-hybridized carbons (Fsp3) is 0.250. The summed E-state index contributed by atoms with van der Waals surface area (Å²) in [6.45, 7) is 4.38. The van der Waals surface area contributed by atoms with Crippen molar-refractivity contribution in [3.05, 3.63) is 62.6 Å². The van der Waals surface area contributed by atoms with E-state index in [-0.39, 0.29) is 6.04 Å². The van der Waals surface area contributed by atoms with Crippen molar-refractivity contribution in [3.8, 4) is 5.75 Å². The van der Waals surface area contributed by atoms with Crippen LogP contribution in [0.4, 0.5) is 0 Å². The molecule has 0 bridgehead atoms. The Morgan fingerprint density at radius 3 is 2.65 bits per heavy atom.